The number of hydrogen-bond donors (Lipinski definition) is 4. The molecule has 0 saturated heterocycles. The molecule has 108 valence electrons. The summed E-state index contributed by atoms with van der Waals surface area (Å²) in [5.74, 6) is 0. The standard InChI is InChI=1S/C11H16F3N3O2/c1-19-9(16)7-4-2-6(3-5-7)8(15)17-10(18)11(12,13)14/h2-5,8-10,17-18H,15-16H2,1H3. The van der Waals surface area contributed by atoms with Gasteiger partial charge in [-0.2, -0.15) is 13.2 Å². The normalized spacial score (nSPS) is 17.0. The fraction of sp³-hybridized carbons (Fsp3) is 0.455. The summed E-state index contributed by atoms with van der Waals surface area (Å²) in [4.78, 5) is 0. The topological polar surface area (TPSA) is 93.5 Å². The van der Waals surface area contributed by atoms with Gasteiger partial charge >= 0.3 is 6.18 Å². The van der Waals surface area contributed by atoms with Crippen molar-refractivity contribution in [3.63, 3.8) is 0 Å². The molecule has 0 aliphatic carbocycles. The highest BCUT2D eigenvalue weighted by Crippen LogP contribution is 2.21. The molecule has 0 radical (unpaired) electrons. The maximum atomic E-state index is 12.1. The van der Waals surface area contributed by atoms with Gasteiger partial charge in [0.1, 0.15) is 6.23 Å². The molecule has 0 bridgehead atoms. The summed E-state index contributed by atoms with van der Waals surface area (Å²) in [6.07, 6.45) is -9.21. The van der Waals surface area contributed by atoms with Crippen molar-refractivity contribution in [3.05, 3.63) is 35.4 Å². The van der Waals surface area contributed by atoms with E-state index >= 15 is 0 Å². The van der Waals surface area contributed by atoms with E-state index in [-0.39, 0.29) is 0 Å². The zero-order valence-electron chi connectivity index (χ0n) is 10.2. The van der Waals surface area contributed by atoms with E-state index < -0.39 is 24.8 Å². The van der Waals surface area contributed by atoms with E-state index in [4.69, 9.17) is 21.3 Å². The van der Waals surface area contributed by atoms with E-state index in [0.717, 1.165) is 0 Å². The largest absolute Gasteiger partial charge is 0.428 e. The number of ether oxygens (including phenoxy) is 1. The van der Waals surface area contributed by atoms with Crippen molar-refractivity contribution < 1.29 is 23.0 Å². The van der Waals surface area contributed by atoms with Crippen molar-refractivity contribution in [2.75, 3.05) is 7.11 Å². The molecule has 19 heavy (non-hydrogen) atoms. The second-order valence-corrected chi connectivity index (χ2v) is 3.91. The summed E-state index contributed by atoms with van der Waals surface area (Å²) in [7, 11) is 1.44. The third-order valence-electron chi connectivity index (χ3n) is 2.53. The Labute approximate surface area is 108 Å². The van der Waals surface area contributed by atoms with Crippen LogP contribution in [-0.2, 0) is 4.74 Å². The van der Waals surface area contributed by atoms with E-state index in [0.29, 0.717) is 11.1 Å². The van der Waals surface area contributed by atoms with Crippen molar-refractivity contribution in [1.82, 2.24) is 5.32 Å². The van der Waals surface area contributed by atoms with Crippen LogP contribution in [0.2, 0.25) is 0 Å². The van der Waals surface area contributed by atoms with Gasteiger partial charge in [-0.05, 0) is 11.1 Å². The Kier molecular flexibility index (Phi) is 5.27. The quantitative estimate of drug-likeness (QED) is 0.596. The molecule has 0 aromatic heterocycles. The Hall–Kier alpha value is -1.19. The summed E-state index contributed by atoms with van der Waals surface area (Å²) < 4.78 is 41.3. The van der Waals surface area contributed by atoms with Gasteiger partial charge in [0.2, 0.25) is 6.23 Å². The number of methoxy groups -OCH3 is 1. The molecule has 1 rings (SSSR count). The van der Waals surface area contributed by atoms with Crippen LogP contribution < -0.4 is 16.8 Å². The van der Waals surface area contributed by atoms with Crippen molar-refractivity contribution in [2.45, 2.75) is 24.8 Å². The first-order valence-electron chi connectivity index (χ1n) is 5.40. The highest BCUT2D eigenvalue weighted by Gasteiger charge is 2.39. The molecular formula is C11H16F3N3O2. The van der Waals surface area contributed by atoms with Gasteiger partial charge < -0.3 is 21.3 Å². The molecule has 0 fully saturated rings. The fourth-order valence-electron chi connectivity index (χ4n) is 1.39. The number of hydrogen-bond acceptors (Lipinski definition) is 5. The van der Waals surface area contributed by atoms with Gasteiger partial charge in [0, 0.05) is 7.11 Å². The van der Waals surface area contributed by atoms with Gasteiger partial charge in [-0.25, -0.2) is 0 Å². The van der Waals surface area contributed by atoms with Crippen molar-refractivity contribution in [1.29, 1.82) is 0 Å². The summed E-state index contributed by atoms with van der Waals surface area (Å²) in [6, 6.07) is 6.19. The number of aliphatic hydroxyl groups excluding tert-OH is 1. The number of nitrogens with one attached hydrogen (secondary N) is 1. The first-order valence-corrected chi connectivity index (χ1v) is 5.40. The van der Waals surface area contributed by atoms with E-state index in [1.165, 1.54) is 19.2 Å². The summed E-state index contributed by atoms with van der Waals surface area (Å²) in [5.41, 5.74) is 12.2. The maximum Gasteiger partial charge on any atom is 0.428 e. The monoisotopic (exact) mass is 279 g/mol. The van der Waals surface area contributed by atoms with Crippen LogP contribution in [0.3, 0.4) is 0 Å². The summed E-state index contributed by atoms with van der Waals surface area (Å²) in [6.45, 7) is 0. The molecule has 0 heterocycles. The third kappa shape index (κ3) is 4.44. The third-order valence-corrected chi connectivity index (χ3v) is 2.53. The lowest BCUT2D eigenvalue weighted by Crippen LogP contribution is -2.46. The number of nitrogens with two attached hydrogens (primary N) is 2. The minimum atomic E-state index is -4.77. The molecule has 0 amide bonds. The molecule has 0 aliphatic heterocycles. The first kappa shape index (κ1) is 15.9. The molecule has 0 aliphatic rings. The molecule has 1 aromatic carbocycles. The molecule has 0 spiro atoms. The molecule has 8 heteroatoms. The van der Waals surface area contributed by atoms with Crippen LogP contribution in [0.15, 0.2) is 24.3 Å². The summed E-state index contributed by atoms with van der Waals surface area (Å²) >= 11 is 0. The van der Waals surface area contributed by atoms with E-state index in [2.05, 4.69) is 0 Å². The lowest BCUT2D eigenvalue weighted by atomic mass is 10.1. The lowest BCUT2D eigenvalue weighted by Gasteiger charge is -2.21. The van der Waals surface area contributed by atoms with Gasteiger partial charge in [-0.15, -0.1) is 0 Å². The summed E-state index contributed by atoms with van der Waals surface area (Å²) in [5, 5.41) is 10.7. The van der Waals surface area contributed by atoms with Crippen LogP contribution in [-0.4, -0.2) is 24.6 Å². The number of alkyl halides is 3. The van der Waals surface area contributed by atoms with Crippen LogP contribution in [0, 0.1) is 0 Å². The van der Waals surface area contributed by atoms with Crippen LogP contribution in [0.1, 0.15) is 23.5 Å². The number of benzene rings is 1. The fourth-order valence-corrected chi connectivity index (χ4v) is 1.39. The Morgan fingerprint density at radius 3 is 2.05 bits per heavy atom. The second-order valence-electron chi connectivity index (χ2n) is 3.91. The molecule has 0 saturated carbocycles. The van der Waals surface area contributed by atoms with Gasteiger partial charge in [0.15, 0.2) is 0 Å². The Balaban J connectivity index is 2.70. The maximum absolute atomic E-state index is 12.1. The van der Waals surface area contributed by atoms with Crippen LogP contribution in [0.25, 0.3) is 0 Å². The van der Waals surface area contributed by atoms with E-state index in [1.54, 1.807) is 12.1 Å². The van der Waals surface area contributed by atoms with Crippen LogP contribution in [0.4, 0.5) is 13.2 Å². The minimum absolute atomic E-state index is 0.385. The first-order chi connectivity index (χ1) is 8.75. The van der Waals surface area contributed by atoms with Crippen LogP contribution >= 0.6 is 0 Å². The van der Waals surface area contributed by atoms with Crippen molar-refractivity contribution in [2.24, 2.45) is 11.5 Å². The van der Waals surface area contributed by atoms with E-state index in [1.807, 2.05) is 5.32 Å². The Bertz CT molecular complexity index is 397. The molecule has 1 aromatic rings. The van der Waals surface area contributed by atoms with E-state index in [9.17, 15) is 13.2 Å². The van der Waals surface area contributed by atoms with Gasteiger partial charge in [-0.1, -0.05) is 24.3 Å². The molecule has 3 unspecified atom stereocenters. The SMILES string of the molecule is COC(N)c1ccc(C(N)NC(O)C(F)(F)F)cc1. The number of halogens is 3. The molecule has 5 nitrogen and oxygen atoms in total. The second kappa shape index (κ2) is 6.31. The number of rotatable bonds is 5. The minimum Gasteiger partial charge on any atom is -0.370 e. The Morgan fingerprint density at radius 1 is 1.16 bits per heavy atom. The zero-order valence-corrected chi connectivity index (χ0v) is 10.2. The molecule has 6 N–H and O–H groups in total. The van der Waals surface area contributed by atoms with Gasteiger partial charge in [0.05, 0.1) is 6.17 Å². The van der Waals surface area contributed by atoms with Crippen molar-refractivity contribution in [3.8, 4) is 0 Å². The zero-order chi connectivity index (χ0) is 14.6. The predicted octanol–water partition coefficient (Wildman–Crippen LogP) is 0.718. The highest BCUT2D eigenvalue weighted by atomic mass is 19.4. The molecule has 3 atom stereocenters. The van der Waals surface area contributed by atoms with Gasteiger partial charge in [0.25, 0.3) is 0 Å². The number of aliphatic hydroxyl groups is 1. The average molecular weight is 279 g/mol. The van der Waals surface area contributed by atoms with Crippen LogP contribution in [0.5, 0.6) is 0 Å². The molecular weight excluding hydrogens is 263 g/mol. The van der Waals surface area contributed by atoms with Gasteiger partial charge in [-0.3, -0.25) is 5.32 Å². The smallest absolute Gasteiger partial charge is 0.370 e. The van der Waals surface area contributed by atoms with Crippen molar-refractivity contribution >= 4 is 0 Å². The lowest BCUT2D eigenvalue weighted by molar-refractivity contribution is -0.216. The predicted molar refractivity (Wildman–Crippen MR) is 62.5 cm³/mol. The highest BCUT2D eigenvalue weighted by molar-refractivity contribution is 5.25. The Morgan fingerprint density at radius 2 is 1.63 bits per heavy atom. The average Bonchev–Trinajstić information content (AvgIpc) is 2.36.